The molecule has 1 aliphatic carbocycles. The summed E-state index contributed by atoms with van der Waals surface area (Å²) in [6.45, 7) is 0. The van der Waals surface area contributed by atoms with Crippen LogP contribution in [0.25, 0.3) is 11.0 Å². The molecule has 1 saturated carbocycles. The molecule has 1 amide bonds. The van der Waals surface area contributed by atoms with Gasteiger partial charge in [-0.1, -0.05) is 6.07 Å². The van der Waals surface area contributed by atoms with Crippen molar-refractivity contribution in [3.8, 4) is 0 Å². The molecule has 0 saturated heterocycles. The third kappa shape index (κ3) is 2.76. The molecular formula is C17H18N6O. The zero-order chi connectivity index (χ0) is 16.5. The number of amides is 1. The lowest BCUT2D eigenvalue weighted by Crippen LogP contribution is -2.27. The molecule has 24 heavy (non-hydrogen) atoms. The molecule has 0 spiro atoms. The normalized spacial score (nSPS) is 14.3. The van der Waals surface area contributed by atoms with E-state index in [4.69, 9.17) is 5.73 Å². The summed E-state index contributed by atoms with van der Waals surface area (Å²) in [4.78, 5) is 23.5. The van der Waals surface area contributed by atoms with Gasteiger partial charge in [-0.05, 0) is 43.5 Å². The van der Waals surface area contributed by atoms with Crippen LogP contribution < -0.4 is 16.4 Å². The minimum atomic E-state index is -0.466. The van der Waals surface area contributed by atoms with E-state index >= 15 is 0 Å². The van der Waals surface area contributed by atoms with E-state index in [9.17, 15) is 4.79 Å². The SMILES string of the molecule is NC(=O)c1cccc(Nc2nc(NC3CCC3)c3cc[nH]c3n2)c1. The smallest absolute Gasteiger partial charge is 0.248 e. The van der Waals surface area contributed by atoms with Crippen LogP contribution in [0, 0.1) is 0 Å². The molecule has 0 atom stereocenters. The predicted octanol–water partition coefficient (Wildman–Crippen LogP) is 2.76. The Morgan fingerprint density at radius 3 is 2.88 bits per heavy atom. The quantitative estimate of drug-likeness (QED) is 0.577. The molecule has 0 bridgehead atoms. The maximum Gasteiger partial charge on any atom is 0.248 e. The number of anilines is 3. The Morgan fingerprint density at radius 1 is 1.25 bits per heavy atom. The van der Waals surface area contributed by atoms with Crippen LogP contribution >= 0.6 is 0 Å². The van der Waals surface area contributed by atoms with Gasteiger partial charge in [0.25, 0.3) is 0 Å². The Labute approximate surface area is 138 Å². The van der Waals surface area contributed by atoms with Crippen molar-refractivity contribution in [3.63, 3.8) is 0 Å². The van der Waals surface area contributed by atoms with Gasteiger partial charge in [0.05, 0.1) is 5.39 Å². The molecule has 1 fully saturated rings. The second-order valence-electron chi connectivity index (χ2n) is 5.98. The zero-order valence-corrected chi connectivity index (χ0v) is 13.0. The summed E-state index contributed by atoms with van der Waals surface area (Å²) in [5.41, 5.74) is 7.24. The van der Waals surface area contributed by atoms with Gasteiger partial charge in [-0.25, -0.2) is 0 Å². The largest absolute Gasteiger partial charge is 0.367 e. The van der Waals surface area contributed by atoms with Crippen LogP contribution in [-0.2, 0) is 0 Å². The third-order valence-electron chi connectivity index (χ3n) is 4.26. The molecule has 1 aromatic carbocycles. The highest BCUT2D eigenvalue weighted by molar-refractivity contribution is 5.94. The molecule has 0 aliphatic heterocycles. The van der Waals surface area contributed by atoms with E-state index in [1.807, 2.05) is 18.3 Å². The summed E-state index contributed by atoms with van der Waals surface area (Å²) in [6.07, 6.45) is 5.44. The molecule has 0 unspecified atom stereocenters. The number of H-pyrrole nitrogens is 1. The van der Waals surface area contributed by atoms with Gasteiger partial charge in [-0.3, -0.25) is 4.79 Å². The number of aromatic nitrogens is 3. The maximum atomic E-state index is 11.3. The van der Waals surface area contributed by atoms with Crippen molar-refractivity contribution < 1.29 is 4.79 Å². The average molecular weight is 322 g/mol. The van der Waals surface area contributed by atoms with E-state index in [2.05, 4.69) is 25.6 Å². The Kier molecular flexibility index (Phi) is 3.53. The van der Waals surface area contributed by atoms with Crippen molar-refractivity contribution in [2.24, 2.45) is 5.73 Å². The van der Waals surface area contributed by atoms with Gasteiger partial charge in [-0.2, -0.15) is 9.97 Å². The Bertz CT molecular complexity index is 899. The predicted molar refractivity (Wildman–Crippen MR) is 93.4 cm³/mol. The molecule has 0 radical (unpaired) electrons. The maximum absolute atomic E-state index is 11.3. The number of nitrogens with two attached hydrogens (primary N) is 1. The summed E-state index contributed by atoms with van der Waals surface area (Å²) in [7, 11) is 0. The number of nitrogens with one attached hydrogen (secondary N) is 3. The van der Waals surface area contributed by atoms with Crippen molar-refractivity contribution in [2.45, 2.75) is 25.3 Å². The van der Waals surface area contributed by atoms with Crippen molar-refractivity contribution in [3.05, 3.63) is 42.1 Å². The first kappa shape index (κ1) is 14.5. The number of rotatable bonds is 5. The van der Waals surface area contributed by atoms with E-state index in [0.29, 0.717) is 23.2 Å². The number of primary amides is 1. The summed E-state index contributed by atoms with van der Waals surface area (Å²) in [6, 6.07) is 9.41. The first-order chi connectivity index (χ1) is 11.7. The molecule has 2 aromatic heterocycles. The topological polar surface area (TPSA) is 109 Å². The first-order valence-electron chi connectivity index (χ1n) is 7.97. The molecule has 5 N–H and O–H groups in total. The summed E-state index contributed by atoms with van der Waals surface area (Å²) in [5, 5.41) is 7.59. The van der Waals surface area contributed by atoms with Crippen LogP contribution in [0.2, 0.25) is 0 Å². The fraction of sp³-hybridized carbons (Fsp3) is 0.235. The minimum absolute atomic E-state index is 0.439. The zero-order valence-electron chi connectivity index (χ0n) is 13.0. The molecule has 7 nitrogen and oxygen atoms in total. The Balaban J connectivity index is 1.66. The monoisotopic (exact) mass is 322 g/mol. The number of carbonyl (C=O) groups excluding carboxylic acids is 1. The third-order valence-corrected chi connectivity index (χ3v) is 4.26. The summed E-state index contributed by atoms with van der Waals surface area (Å²) >= 11 is 0. The highest BCUT2D eigenvalue weighted by Gasteiger charge is 2.19. The van der Waals surface area contributed by atoms with Gasteiger partial charge in [0.2, 0.25) is 11.9 Å². The van der Waals surface area contributed by atoms with Crippen molar-refractivity contribution in [2.75, 3.05) is 10.6 Å². The number of fused-ring (bicyclic) bond motifs is 1. The van der Waals surface area contributed by atoms with Crippen LogP contribution in [-0.4, -0.2) is 26.9 Å². The molecule has 3 aromatic rings. The van der Waals surface area contributed by atoms with Gasteiger partial charge >= 0.3 is 0 Å². The van der Waals surface area contributed by atoms with E-state index in [1.54, 1.807) is 18.2 Å². The van der Waals surface area contributed by atoms with Gasteiger partial charge in [0.15, 0.2) is 0 Å². The van der Waals surface area contributed by atoms with E-state index in [-0.39, 0.29) is 0 Å². The molecule has 4 rings (SSSR count). The van der Waals surface area contributed by atoms with E-state index < -0.39 is 5.91 Å². The second kappa shape index (κ2) is 5.84. The molecule has 1 aliphatic rings. The number of carbonyl (C=O) groups is 1. The van der Waals surface area contributed by atoms with Crippen LogP contribution in [0.4, 0.5) is 17.5 Å². The number of hydrogen-bond acceptors (Lipinski definition) is 5. The van der Waals surface area contributed by atoms with Gasteiger partial charge < -0.3 is 21.4 Å². The standard InChI is InChI=1S/C17H18N6O/c18-14(24)10-3-1-6-12(9-10)21-17-22-15-13(7-8-19-15)16(23-17)20-11-4-2-5-11/h1,3,6-9,11H,2,4-5H2,(H2,18,24)(H3,19,20,21,22,23). The highest BCUT2D eigenvalue weighted by atomic mass is 16.1. The lowest BCUT2D eigenvalue weighted by molar-refractivity contribution is 0.100. The van der Waals surface area contributed by atoms with Crippen LogP contribution in [0.3, 0.4) is 0 Å². The number of nitrogens with zero attached hydrogens (tertiary/aromatic N) is 2. The fourth-order valence-electron chi connectivity index (χ4n) is 2.73. The van der Waals surface area contributed by atoms with Crippen LogP contribution in [0.15, 0.2) is 36.5 Å². The van der Waals surface area contributed by atoms with Gasteiger partial charge in [0, 0.05) is 23.5 Å². The molecule has 122 valence electrons. The fourth-order valence-corrected chi connectivity index (χ4v) is 2.73. The lowest BCUT2D eigenvalue weighted by Gasteiger charge is -2.27. The second-order valence-corrected chi connectivity index (χ2v) is 5.98. The Hall–Kier alpha value is -3.09. The van der Waals surface area contributed by atoms with Gasteiger partial charge in [0.1, 0.15) is 11.5 Å². The van der Waals surface area contributed by atoms with Crippen molar-refractivity contribution in [1.82, 2.24) is 15.0 Å². The summed E-state index contributed by atoms with van der Waals surface area (Å²) < 4.78 is 0. The van der Waals surface area contributed by atoms with Crippen molar-refractivity contribution >= 4 is 34.4 Å². The minimum Gasteiger partial charge on any atom is -0.367 e. The van der Waals surface area contributed by atoms with E-state index in [1.165, 1.54) is 19.3 Å². The van der Waals surface area contributed by atoms with Gasteiger partial charge in [-0.15, -0.1) is 0 Å². The van der Waals surface area contributed by atoms with Crippen LogP contribution in [0.1, 0.15) is 29.6 Å². The molecular weight excluding hydrogens is 304 g/mol. The highest BCUT2D eigenvalue weighted by Crippen LogP contribution is 2.28. The number of aromatic amines is 1. The van der Waals surface area contributed by atoms with Crippen LogP contribution in [0.5, 0.6) is 0 Å². The lowest BCUT2D eigenvalue weighted by atomic mass is 9.93. The first-order valence-corrected chi connectivity index (χ1v) is 7.97. The number of hydrogen-bond donors (Lipinski definition) is 4. The number of benzene rings is 1. The Morgan fingerprint density at radius 2 is 2.12 bits per heavy atom. The molecule has 2 heterocycles. The average Bonchev–Trinajstić information content (AvgIpc) is 2.99. The molecule has 7 heteroatoms. The van der Waals surface area contributed by atoms with Crippen molar-refractivity contribution in [1.29, 1.82) is 0 Å². The van der Waals surface area contributed by atoms with E-state index in [0.717, 1.165) is 16.9 Å². The summed E-state index contributed by atoms with van der Waals surface area (Å²) in [5.74, 6) is 0.819.